The first-order chi connectivity index (χ1) is 31.7. The topological polar surface area (TPSA) is 16.4 Å². The first-order valence-corrected chi connectivity index (χ1v) is 21.9. The van der Waals surface area contributed by atoms with Crippen molar-refractivity contribution < 1.29 is 4.42 Å². The Labute approximate surface area is 372 Å². The summed E-state index contributed by atoms with van der Waals surface area (Å²) in [6.07, 6.45) is 0. The summed E-state index contributed by atoms with van der Waals surface area (Å²) in [7, 11) is 0. The molecule has 1 heterocycles. The average molecular weight is 816 g/mol. The number of hydrogen-bond donors (Lipinski definition) is 0. The zero-order valence-corrected chi connectivity index (χ0v) is 35.0. The van der Waals surface area contributed by atoms with Crippen molar-refractivity contribution in [1.29, 1.82) is 0 Å². The van der Waals surface area contributed by atoms with Crippen LogP contribution in [0.5, 0.6) is 0 Å². The normalized spacial score (nSPS) is 11.4. The molecule has 0 unspecified atom stereocenters. The fraction of sp³-hybridized carbons (Fsp3) is 0. The first kappa shape index (κ1) is 37.3. The molecule has 12 aromatic rings. The van der Waals surface area contributed by atoms with Crippen LogP contribution in [0.15, 0.2) is 253 Å². The fourth-order valence-corrected chi connectivity index (χ4v) is 9.44. The third-order valence-electron chi connectivity index (χ3n) is 12.7. The van der Waals surface area contributed by atoms with Crippen LogP contribution in [0.1, 0.15) is 0 Å². The number of nitrogens with zero attached hydrogens (tertiary/aromatic N) is 1. The van der Waals surface area contributed by atoms with E-state index in [9.17, 15) is 0 Å². The molecule has 0 aliphatic rings. The van der Waals surface area contributed by atoms with E-state index in [-0.39, 0.29) is 0 Å². The fourth-order valence-electron chi connectivity index (χ4n) is 9.44. The van der Waals surface area contributed by atoms with Crippen LogP contribution in [-0.4, -0.2) is 0 Å². The summed E-state index contributed by atoms with van der Waals surface area (Å²) in [5.74, 6) is 0. The summed E-state index contributed by atoms with van der Waals surface area (Å²) in [5.41, 5.74) is 16.7. The van der Waals surface area contributed by atoms with E-state index < -0.39 is 0 Å². The van der Waals surface area contributed by atoms with Crippen LogP contribution < -0.4 is 4.90 Å². The molecule has 0 saturated carbocycles. The van der Waals surface area contributed by atoms with Gasteiger partial charge in [0.25, 0.3) is 0 Å². The lowest BCUT2D eigenvalue weighted by Crippen LogP contribution is -2.09. The summed E-state index contributed by atoms with van der Waals surface area (Å²) >= 11 is 0. The molecule has 0 fully saturated rings. The minimum absolute atomic E-state index is 0.907. The lowest BCUT2D eigenvalue weighted by atomic mass is 9.95. The molecule has 0 amide bonds. The molecule has 2 heteroatoms. The summed E-state index contributed by atoms with van der Waals surface area (Å²) in [6.45, 7) is 0. The minimum Gasteiger partial charge on any atom is -0.455 e. The SMILES string of the molecule is c1ccc(-c2ccc(N(c3ccc(-c4ccc(-c5cccc(-c6cccc7c6oc6c(-c8cccc9ccccc89)cccc67)c5)cc4)cc3)c3ccc4ccccc4c3)cc2)cc1. The van der Waals surface area contributed by atoms with Crippen molar-refractivity contribution in [2.24, 2.45) is 0 Å². The third-order valence-corrected chi connectivity index (χ3v) is 12.7. The molecule has 11 aromatic carbocycles. The second-order valence-corrected chi connectivity index (χ2v) is 16.5. The maximum absolute atomic E-state index is 6.89. The molecule has 0 spiro atoms. The van der Waals surface area contributed by atoms with Gasteiger partial charge < -0.3 is 9.32 Å². The minimum atomic E-state index is 0.907. The maximum Gasteiger partial charge on any atom is 0.143 e. The number of fused-ring (bicyclic) bond motifs is 5. The zero-order valence-electron chi connectivity index (χ0n) is 35.0. The van der Waals surface area contributed by atoms with Gasteiger partial charge in [0.05, 0.1) is 0 Å². The van der Waals surface area contributed by atoms with Gasteiger partial charge >= 0.3 is 0 Å². The van der Waals surface area contributed by atoms with E-state index >= 15 is 0 Å². The smallest absolute Gasteiger partial charge is 0.143 e. The van der Waals surface area contributed by atoms with Gasteiger partial charge in [-0.2, -0.15) is 0 Å². The molecule has 64 heavy (non-hydrogen) atoms. The van der Waals surface area contributed by atoms with E-state index in [4.69, 9.17) is 4.42 Å². The number of furan rings is 1. The van der Waals surface area contributed by atoms with Crippen LogP contribution in [0.4, 0.5) is 17.1 Å². The Morgan fingerprint density at radius 2 is 0.672 bits per heavy atom. The van der Waals surface area contributed by atoms with Gasteiger partial charge in [-0.1, -0.05) is 206 Å². The van der Waals surface area contributed by atoms with Gasteiger partial charge in [-0.3, -0.25) is 0 Å². The van der Waals surface area contributed by atoms with Gasteiger partial charge in [0.1, 0.15) is 11.2 Å². The van der Waals surface area contributed by atoms with Crippen molar-refractivity contribution in [3.8, 4) is 55.6 Å². The van der Waals surface area contributed by atoms with Crippen molar-refractivity contribution in [3.05, 3.63) is 249 Å². The number of rotatable bonds is 8. The van der Waals surface area contributed by atoms with Gasteiger partial charge in [-0.05, 0) is 109 Å². The van der Waals surface area contributed by atoms with Crippen LogP contribution >= 0.6 is 0 Å². The second kappa shape index (κ2) is 15.8. The van der Waals surface area contributed by atoms with Crippen molar-refractivity contribution in [3.63, 3.8) is 0 Å². The summed E-state index contributed by atoms with van der Waals surface area (Å²) in [6, 6.07) is 89.4. The standard InChI is InChI=1S/C62H41NO/c1-2-12-42(13-3-1)45-30-35-52(36-31-45)63(54-39-34-43-14-4-5-16-50(43)41-54)53-37-32-46(33-38-53)44-26-28-47(29-27-44)49-18-8-19-51(40-49)56-21-10-24-59-60-25-11-23-58(62(60)64-61(56)59)57-22-9-17-48-15-6-7-20-55(48)57/h1-41H. The molecule has 0 N–H and O–H groups in total. The number of hydrogen-bond acceptors (Lipinski definition) is 2. The predicted molar refractivity (Wildman–Crippen MR) is 271 cm³/mol. The molecule has 0 atom stereocenters. The molecule has 0 saturated heterocycles. The zero-order chi connectivity index (χ0) is 42.4. The van der Waals surface area contributed by atoms with E-state index in [1.165, 1.54) is 54.9 Å². The van der Waals surface area contributed by atoms with E-state index in [2.05, 4.69) is 254 Å². The average Bonchev–Trinajstić information content (AvgIpc) is 3.77. The van der Waals surface area contributed by atoms with E-state index in [0.29, 0.717) is 0 Å². The Bertz CT molecular complexity index is 3630. The monoisotopic (exact) mass is 815 g/mol. The van der Waals surface area contributed by atoms with Crippen molar-refractivity contribution in [2.45, 2.75) is 0 Å². The van der Waals surface area contributed by atoms with Gasteiger partial charge in [0.2, 0.25) is 0 Å². The molecule has 0 aliphatic heterocycles. The van der Waals surface area contributed by atoms with Crippen LogP contribution in [0.25, 0.3) is 99.1 Å². The quantitative estimate of drug-likeness (QED) is 0.152. The Morgan fingerprint density at radius 3 is 1.38 bits per heavy atom. The molecule has 0 bridgehead atoms. The van der Waals surface area contributed by atoms with Gasteiger partial charge in [0.15, 0.2) is 0 Å². The molecule has 300 valence electrons. The Morgan fingerprint density at radius 1 is 0.234 bits per heavy atom. The van der Waals surface area contributed by atoms with Crippen LogP contribution in [0.2, 0.25) is 0 Å². The van der Waals surface area contributed by atoms with E-state index in [1.807, 2.05) is 0 Å². The van der Waals surface area contributed by atoms with Crippen molar-refractivity contribution in [2.75, 3.05) is 4.90 Å². The molecular formula is C62H41NO. The number of anilines is 3. The molecule has 2 nitrogen and oxygen atoms in total. The van der Waals surface area contributed by atoms with Crippen LogP contribution in [-0.2, 0) is 0 Å². The molecule has 0 radical (unpaired) electrons. The lowest BCUT2D eigenvalue weighted by Gasteiger charge is -2.26. The van der Waals surface area contributed by atoms with Gasteiger partial charge in [-0.25, -0.2) is 0 Å². The van der Waals surface area contributed by atoms with E-state index in [1.54, 1.807) is 0 Å². The Kier molecular flexibility index (Phi) is 9.20. The molecular weight excluding hydrogens is 775 g/mol. The van der Waals surface area contributed by atoms with E-state index in [0.717, 1.165) is 61.3 Å². The van der Waals surface area contributed by atoms with Crippen molar-refractivity contribution in [1.82, 2.24) is 0 Å². The summed E-state index contributed by atoms with van der Waals surface area (Å²) < 4.78 is 6.89. The highest BCUT2D eigenvalue weighted by Crippen LogP contribution is 2.43. The van der Waals surface area contributed by atoms with Gasteiger partial charge in [0, 0.05) is 39.0 Å². The highest BCUT2D eigenvalue weighted by molar-refractivity contribution is 6.15. The van der Waals surface area contributed by atoms with Crippen LogP contribution in [0, 0.1) is 0 Å². The summed E-state index contributed by atoms with van der Waals surface area (Å²) in [4.78, 5) is 2.34. The third kappa shape index (κ3) is 6.70. The second-order valence-electron chi connectivity index (χ2n) is 16.5. The Balaban J connectivity index is 0.849. The highest BCUT2D eigenvalue weighted by Gasteiger charge is 2.18. The first-order valence-electron chi connectivity index (χ1n) is 21.9. The largest absolute Gasteiger partial charge is 0.455 e. The lowest BCUT2D eigenvalue weighted by molar-refractivity contribution is 0.671. The number of benzene rings is 11. The number of para-hydroxylation sites is 2. The Hall–Kier alpha value is -8.46. The maximum atomic E-state index is 6.89. The highest BCUT2D eigenvalue weighted by atomic mass is 16.3. The van der Waals surface area contributed by atoms with Crippen LogP contribution in [0.3, 0.4) is 0 Å². The molecule has 0 aliphatic carbocycles. The van der Waals surface area contributed by atoms with Gasteiger partial charge in [-0.15, -0.1) is 0 Å². The summed E-state index contributed by atoms with van der Waals surface area (Å²) in [5, 5.41) is 7.13. The predicted octanol–water partition coefficient (Wildman–Crippen LogP) is 17.7. The molecule has 1 aromatic heterocycles. The molecule has 12 rings (SSSR count). The van der Waals surface area contributed by atoms with Crippen molar-refractivity contribution >= 4 is 60.5 Å².